The van der Waals surface area contributed by atoms with Gasteiger partial charge in [-0.1, -0.05) is 53.7 Å². The van der Waals surface area contributed by atoms with E-state index >= 15 is 0 Å². The fourth-order valence-electron chi connectivity index (χ4n) is 3.62. The lowest BCUT2D eigenvalue weighted by atomic mass is 10.2. The number of rotatable bonds is 8. The molecule has 172 valence electrons. The van der Waals surface area contributed by atoms with Gasteiger partial charge in [-0.05, 0) is 29.1 Å². The molecule has 7 nitrogen and oxygen atoms in total. The molecule has 5 rings (SSSR count). The summed E-state index contributed by atoms with van der Waals surface area (Å²) in [5.74, 6) is 2.27. The van der Waals surface area contributed by atoms with Gasteiger partial charge in [0.25, 0.3) is 0 Å². The molecule has 0 atom stereocenters. The predicted molar refractivity (Wildman–Crippen MR) is 131 cm³/mol. The molecule has 1 aliphatic rings. The van der Waals surface area contributed by atoms with Crippen molar-refractivity contribution in [2.75, 3.05) is 24.7 Å². The Bertz CT molecular complexity index is 1270. The lowest BCUT2D eigenvalue weighted by Crippen LogP contribution is -2.31. The highest BCUT2D eigenvalue weighted by atomic mass is 32.1. The average molecular weight is 474 g/mol. The van der Waals surface area contributed by atoms with Crippen molar-refractivity contribution in [1.29, 1.82) is 0 Å². The molecular weight excluding hydrogens is 450 g/mol. The highest BCUT2D eigenvalue weighted by molar-refractivity contribution is 7.13. The van der Waals surface area contributed by atoms with Gasteiger partial charge in [-0.25, -0.2) is 0 Å². The van der Waals surface area contributed by atoms with E-state index < -0.39 is 0 Å². The number of carbonyl (C=O) groups is 1. The number of fused-ring (bicyclic) bond motifs is 1. The molecule has 0 aliphatic carbocycles. The first-order valence-electron chi connectivity index (χ1n) is 11.0. The molecule has 8 heteroatoms. The molecule has 0 fully saturated rings. The molecule has 0 N–H and O–H groups in total. The third kappa shape index (κ3) is 5.18. The van der Waals surface area contributed by atoms with Crippen LogP contribution in [-0.4, -0.2) is 35.8 Å². The van der Waals surface area contributed by atoms with Crippen LogP contribution in [0.15, 0.2) is 76.6 Å². The molecule has 0 bridgehead atoms. The van der Waals surface area contributed by atoms with Gasteiger partial charge in [0.1, 0.15) is 13.2 Å². The minimum Gasteiger partial charge on any atom is -0.486 e. The molecule has 34 heavy (non-hydrogen) atoms. The molecular formula is C26H23N3O4S. The third-order valence-electron chi connectivity index (χ3n) is 5.30. The molecule has 0 saturated carbocycles. The van der Waals surface area contributed by atoms with Crippen LogP contribution in [0.1, 0.15) is 17.9 Å². The van der Waals surface area contributed by atoms with Crippen molar-refractivity contribution in [2.45, 2.75) is 12.8 Å². The second kappa shape index (κ2) is 10.4. The van der Waals surface area contributed by atoms with Crippen LogP contribution >= 0.6 is 11.3 Å². The van der Waals surface area contributed by atoms with Crippen LogP contribution in [-0.2, 0) is 11.2 Å². The van der Waals surface area contributed by atoms with E-state index in [4.69, 9.17) is 14.0 Å². The topological polar surface area (TPSA) is 77.7 Å². The minimum absolute atomic E-state index is 0.0507. The van der Waals surface area contributed by atoms with Gasteiger partial charge in [0.2, 0.25) is 17.6 Å². The van der Waals surface area contributed by atoms with Crippen LogP contribution in [0.3, 0.4) is 0 Å². The number of amides is 1. The molecule has 2 aromatic heterocycles. The van der Waals surface area contributed by atoms with Crippen molar-refractivity contribution >= 4 is 29.0 Å². The number of hydrogen-bond donors (Lipinski definition) is 0. The summed E-state index contributed by atoms with van der Waals surface area (Å²) < 4.78 is 16.7. The van der Waals surface area contributed by atoms with Crippen molar-refractivity contribution in [1.82, 2.24) is 10.1 Å². The Morgan fingerprint density at radius 2 is 1.88 bits per heavy atom. The summed E-state index contributed by atoms with van der Waals surface area (Å²) in [6, 6.07) is 19.4. The van der Waals surface area contributed by atoms with Gasteiger partial charge in [-0.2, -0.15) is 4.98 Å². The third-order valence-corrected chi connectivity index (χ3v) is 6.16. The maximum Gasteiger partial charge on any atom is 0.227 e. The first kappa shape index (κ1) is 21.9. The molecule has 2 aromatic carbocycles. The lowest BCUT2D eigenvalue weighted by Gasteiger charge is -2.24. The molecule has 3 heterocycles. The van der Waals surface area contributed by atoms with E-state index in [2.05, 4.69) is 10.1 Å². The van der Waals surface area contributed by atoms with Gasteiger partial charge in [0.05, 0.1) is 4.88 Å². The molecule has 0 saturated heterocycles. The first-order chi connectivity index (χ1) is 16.8. The Balaban J connectivity index is 1.31. The van der Waals surface area contributed by atoms with Crippen LogP contribution in [0.4, 0.5) is 5.69 Å². The summed E-state index contributed by atoms with van der Waals surface area (Å²) in [6.07, 6.45) is 4.58. The quantitative estimate of drug-likeness (QED) is 0.348. The summed E-state index contributed by atoms with van der Waals surface area (Å²) in [5, 5.41) is 5.99. The molecule has 0 radical (unpaired) electrons. The van der Waals surface area contributed by atoms with Crippen molar-refractivity contribution in [2.24, 2.45) is 0 Å². The second-order valence-electron chi connectivity index (χ2n) is 7.63. The molecule has 1 aliphatic heterocycles. The van der Waals surface area contributed by atoms with Crippen molar-refractivity contribution in [3.05, 3.63) is 83.6 Å². The number of anilines is 1. The number of thiophene rings is 1. The zero-order chi connectivity index (χ0) is 23.2. The van der Waals surface area contributed by atoms with Crippen LogP contribution in [0.5, 0.6) is 11.5 Å². The van der Waals surface area contributed by atoms with Crippen LogP contribution in [0.2, 0.25) is 0 Å². The van der Waals surface area contributed by atoms with E-state index in [1.165, 1.54) is 0 Å². The van der Waals surface area contributed by atoms with E-state index in [0.29, 0.717) is 49.4 Å². The zero-order valence-electron chi connectivity index (χ0n) is 18.4. The number of nitrogens with zero attached hydrogens (tertiary/aromatic N) is 3. The largest absolute Gasteiger partial charge is 0.486 e. The Hall–Kier alpha value is -3.91. The number of benzene rings is 2. The van der Waals surface area contributed by atoms with Crippen LogP contribution < -0.4 is 14.4 Å². The Morgan fingerprint density at radius 3 is 2.71 bits per heavy atom. The Labute approximate surface area is 201 Å². The van der Waals surface area contributed by atoms with E-state index in [1.54, 1.807) is 16.2 Å². The van der Waals surface area contributed by atoms with Crippen molar-refractivity contribution in [3.63, 3.8) is 0 Å². The smallest absolute Gasteiger partial charge is 0.227 e. The highest BCUT2D eigenvalue weighted by Crippen LogP contribution is 2.34. The van der Waals surface area contributed by atoms with Crippen LogP contribution in [0, 0.1) is 0 Å². The fourth-order valence-corrected chi connectivity index (χ4v) is 4.27. The van der Waals surface area contributed by atoms with Gasteiger partial charge < -0.3 is 18.9 Å². The Morgan fingerprint density at radius 1 is 1.03 bits per heavy atom. The maximum atomic E-state index is 13.3. The number of ether oxygens (including phenoxy) is 2. The summed E-state index contributed by atoms with van der Waals surface area (Å²) in [7, 11) is 0. The van der Waals surface area contributed by atoms with Gasteiger partial charge in [-0.15, -0.1) is 11.3 Å². The summed E-state index contributed by atoms with van der Waals surface area (Å²) in [5.41, 5.74) is 1.82. The summed E-state index contributed by atoms with van der Waals surface area (Å²) in [6.45, 7) is 1.42. The average Bonchev–Trinajstić information content (AvgIpc) is 3.58. The summed E-state index contributed by atoms with van der Waals surface area (Å²) in [4.78, 5) is 20.4. The number of aryl methyl sites for hydroxylation is 1. The minimum atomic E-state index is -0.0507. The summed E-state index contributed by atoms with van der Waals surface area (Å²) >= 11 is 1.54. The van der Waals surface area contributed by atoms with E-state index in [0.717, 1.165) is 16.1 Å². The van der Waals surface area contributed by atoms with Gasteiger partial charge >= 0.3 is 0 Å². The second-order valence-corrected chi connectivity index (χ2v) is 8.58. The highest BCUT2D eigenvalue weighted by Gasteiger charge is 2.20. The van der Waals surface area contributed by atoms with Crippen molar-refractivity contribution in [3.8, 4) is 22.2 Å². The normalized spacial score (nSPS) is 12.7. The molecule has 4 aromatic rings. The number of hydrogen-bond acceptors (Lipinski definition) is 7. The molecule has 0 unspecified atom stereocenters. The SMILES string of the molecule is O=C(CCc1nc(-c2cccs2)no1)N(C/C=C/c1ccccc1)c1ccc2c(c1)OCCO2. The van der Waals surface area contributed by atoms with Gasteiger partial charge in [0.15, 0.2) is 11.5 Å². The monoisotopic (exact) mass is 473 g/mol. The maximum absolute atomic E-state index is 13.3. The predicted octanol–water partition coefficient (Wildman–Crippen LogP) is 5.25. The van der Waals surface area contributed by atoms with Crippen LogP contribution in [0.25, 0.3) is 16.8 Å². The van der Waals surface area contributed by atoms with Crippen molar-refractivity contribution < 1.29 is 18.8 Å². The number of carbonyl (C=O) groups excluding carboxylic acids is 1. The van der Waals surface area contributed by atoms with E-state index in [-0.39, 0.29) is 12.3 Å². The molecule has 1 amide bonds. The molecule has 0 spiro atoms. The van der Waals surface area contributed by atoms with E-state index in [9.17, 15) is 4.79 Å². The lowest BCUT2D eigenvalue weighted by molar-refractivity contribution is -0.118. The van der Waals surface area contributed by atoms with Gasteiger partial charge in [-0.3, -0.25) is 4.79 Å². The van der Waals surface area contributed by atoms with Gasteiger partial charge in [0, 0.05) is 31.1 Å². The fraction of sp³-hybridized carbons (Fsp3) is 0.192. The first-order valence-corrected chi connectivity index (χ1v) is 11.9. The Kier molecular flexibility index (Phi) is 6.67. The van der Waals surface area contributed by atoms with E-state index in [1.807, 2.05) is 78.2 Å². The number of aromatic nitrogens is 2. The zero-order valence-corrected chi connectivity index (χ0v) is 19.2. The standard InChI is InChI=1S/C26H23N3O4S/c30-25(13-12-24-27-26(28-33-24)23-9-5-17-34-23)29(14-4-8-19-6-2-1-3-7-19)20-10-11-21-22(18-20)32-16-15-31-21/h1-11,17-18H,12-16H2/b8-4+.